The summed E-state index contributed by atoms with van der Waals surface area (Å²) in [5.74, 6) is 3.23. The molecule has 1 aliphatic heterocycles. The minimum atomic E-state index is -0.0499. The van der Waals surface area contributed by atoms with Crippen molar-refractivity contribution in [2.45, 2.75) is 18.7 Å². The Morgan fingerprint density at radius 2 is 1.92 bits per heavy atom. The number of benzene rings is 2. The Labute approximate surface area is 160 Å². The number of rotatable bonds is 6. The first-order valence-corrected chi connectivity index (χ1v) is 10.1. The summed E-state index contributed by atoms with van der Waals surface area (Å²) in [5, 5.41) is 0.703. The van der Waals surface area contributed by atoms with Crippen molar-refractivity contribution >= 4 is 34.4 Å². The average molecular weight is 391 g/mol. The smallest absolute Gasteiger partial charge is 0.326 e. The van der Waals surface area contributed by atoms with E-state index in [1.807, 2.05) is 36.4 Å². The number of nitrogens with zero attached hydrogens (tertiary/aromatic N) is 1. The van der Waals surface area contributed by atoms with Gasteiger partial charge in [-0.3, -0.25) is 4.57 Å². The Kier molecular flexibility index (Phi) is 5.13. The quantitative estimate of drug-likeness (QED) is 0.644. The highest BCUT2D eigenvalue weighted by molar-refractivity contribution is 7.98. The molecular weight excluding hydrogens is 372 g/mol. The summed E-state index contributed by atoms with van der Waals surface area (Å²) < 4.78 is 13.0. The van der Waals surface area contributed by atoms with Crippen molar-refractivity contribution in [3.63, 3.8) is 0 Å². The second-order valence-electron chi connectivity index (χ2n) is 6.09. The number of thioether (sulfide) groups is 1. The van der Waals surface area contributed by atoms with Crippen molar-refractivity contribution in [1.29, 1.82) is 0 Å². The zero-order valence-corrected chi connectivity index (χ0v) is 15.7. The second kappa shape index (κ2) is 7.68. The first kappa shape index (κ1) is 17.4. The zero-order valence-electron chi connectivity index (χ0n) is 14.2. The van der Waals surface area contributed by atoms with E-state index in [0.29, 0.717) is 30.5 Å². The van der Waals surface area contributed by atoms with Gasteiger partial charge in [-0.15, -0.1) is 0 Å². The van der Waals surface area contributed by atoms with E-state index >= 15 is 0 Å². The van der Waals surface area contributed by atoms with Crippen LogP contribution in [0.15, 0.2) is 41.2 Å². The van der Waals surface area contributed by atoms with Gasteiger partial charge in [-0.25, -0.2) is 4.79 Å². The molecule has 7 heteroatoms. The molecule has 0 atom stereocenters. The van der Waals surface area contributed by atoms with Gasteiger partial charge in [-0.05, 0) is 35.9 Å². The zero-order chi connectivity index (χ0) is 17.9. The number of aromatic nitrogens is 2. The van der Waals surface area contributed by atoms with Crippen LogP contribution in [0.25, 0.3) is 11.0 Å². The van der Waals surface area contributed by atoms with Gasteiger partial charge in [0.2, 0.25) is 0 Å². The molecule has 0 amide bonds. The molecular formula is C19H19ClN2O3S. The minimum Gasteiger partial charge on any atom is -0.486 e. The van der Waals surface area contributed by atoms with E-state index in [9.17, 15) is 4.79 Å². The lowest BCUT2D eigenvalue weighted by atomic mass is 10.2. The van der Waals surface area contributed by atoms with Crippen LogP contribution in [0.4, 0.5) is 0 Å². The van der Waals surface area contributed by atoms with Gasteiger partial charge in [0.15, 0.2) is 11.5 Å². The van der Waals surface area contributed by atoms with Crippen LogP contribution in [-0.4, -0.2) is 28.5 Å². The number of halogens is 1. The van der Waals surface area contributed by atoms with Crippen molar-refractivity contribution in [3.8, 4) is 11.5 Å². The summed E-state index contributed by atoms with van der Waals surface area (Å²) in [6, 6.07) is 11.6. The van der Waals surface area contributed by atoms with E-state index in [0.717, 1.165) is 40.3 Å². The van der Waals surface area contributed by atoms with Crippen LogP contribution < -0.4 is 15.2 Å². The van der Waals surface area contributed by atoms with E-state index in [4.69, 9.17) is 21.1 Å². The molecule has 0 saturated heterocycles. The predicted molar refractivity (Wildman–Crippen MR) is 106 cm³/mol. The summed E-state index contributed by atoms with van der Waals surface area (Å²) in [7, 11) is 0. The van der Waals surface area contributed by atoms with Crippen molar-refractivity contribution in [3.05, 3.63) is 57.5 Å². The second-order valence-corrected chi connectivity index (χ2v) is 7.60. The average Bonchev–Trinajstić information content (AvgIpc) is 2.97. The van der Waals surface area contributed by atoms with Crippen LogP contribution in [-0.2, 0) is 12.3 Å². The maximum Gasteiger partial charge on any atom is 0.326 e. The summed E-state index contributed by atoms with van der Waals surface area (Å²) in [6.45, 7) is 1.83. The highest BCUT2D eigenvalue weighted by Gasteiger charge is 2.15. The van der Waals surface area contributed by atoms with Crippen LogP contribution >= 0.6 is 23.4 Å². The molecule has 0 saturated carbocycles. The SMILES string of the molecule is O=c1[nH]c2ccccc2n1CCCSCc1cc2c(cc1Cl)OCCO2. The lowest BCUT2D eigenvalue weighted by Crippen LogP contribution is -2.17. The van der Waals surface area contributed by atoms with Crippen LogP contribution in [0.1, 0.15) is 12.0 Å². The van der Waals surface area contributed by atoms with Gasteiger partial charge in [0.1, 0.15) is 13.2 Å². The number of ether oxygens (including phenoxy) is 2. The first-order chi connectivity index (χ1) is 12.7. The van der Waals surface area contributed by atoms with Crippen LogP contribution in [0.5, 0.6) is 11.5 Å². The van der Waals surface area contributed by atoms with Crippen molar-refractivity contribution in [2.24, 2.45) is 0 Å². The van der Waals surface area contributed by atoms with Gasteiger partial charge < -0.3 is 14.5 Å². The van der Waals surface area contributed by atoms with Gasteiger partial charge in [-0.1, -0.05) is 23.7 Å². The van der Waals surface area contributed by atoms with Gasteiger partial charge in [0.25, 0.3) is 0 Å². The van der Waals surface area contributed by atoms with Crippen LogP contribution in [0, 0.1) is 0 Å². The summed E-state index contributed by atoms with van der Waals surface area (Å²) in [6.07, 6.45) is 0.911. The number of aryl methyl sites for hydroxylation is 1. The Bertz CT molecular complexity index is 983. The fraction of sp³-hybridized carbons (Fsp3) is 0.316. The van der Waals surface area contributed by atoms with E-state index in [2.05, 4.69) is 4.98 Å². The van der Waals surface area contributed by atoms with E-state index in [1.54, 1.807) is 16.3 Å². The normalized spacial score (nSPS) is 13.3. The van der Waals surface area contributed by atoms with Gasteiger partial charge in [0.05, 0.1) is 11.0 Å². The standard InChI is InChI=1S/C19H19ClN2O3S/c20-14-11-18-17(24-7-8-25-18)10-13(14)12-26-9-3-6-22-16-5-2-1-4-15(16)21-19(22)23/h1-2,4-5,10-11H,3,6-9,12H2,(H,21,23). The molecule has 4 rings (SSSR count). The predicted octanol–water partition coefficient (Wildman–Crippen LogP) is 4.08. The number of imidazole rings is 1. The highest BCUT2D eigenvalue weighted by Crippen LogP contribution is 2.36. The third kappa shape index (κ3) is 3.57. The molecule has 2 aromatic carbocycles. The number of fused-ring (bicyclic) bond motifs is 2. The van der Waals surface area contributed by atoms with Crippen molar-refractivity contribution in [2.75, 3.05) is 19.0 Å². The fourth-order valence-electron chi connectivity index (χ4n) is 3.05. The summed E-state index contributed by atoms with van der Waals surface area (Å²) in [4.78, 5) is 14.9. The lowest BCUT2D eigenvalue weighted by Gasteiger charge is -2.19. The van der Waals surface area contributed by atoms with Crippen LogP contribution in [0.2, 0.25) is 5.02 Å². The number of H-pyrrole nitrogens is 1. The number of aromatic amines is 1. The van der Waals surface area contributed by atoms with Crippen molar-refractivity contribution in [1.82, 2.24) is 9.55 Å². The number of hydrogen-bond acceptors (Lipinski definition) is 4. The molecule has 1 aromatic heterocycles. The highest BCUT2D eigenvalue weighted by atomic mass is 35.5. The molecule has 0 spiro atoms. The van der Waals surface area contributed by atoms with Gasteiger partial charge in [0, 0.05) is 23.4 Å². The van der Waals surface area contributed by atoms with Crippen LogP contribution in [0.3, 0.4) is 0 Å². The lowest BCUT2D eigenvalue weighted by molar-refractivity contribution is 0.171. The first-order valence-electron chi connectivity index (χ1n) is 8.56. The Morgan fingerprint density at radius 1 is 1.15 bits per heavy atom. The van der Waals surface area contributed by atoms with E-state index in [1.165, 1.54) is 0 Å². The molecule has 0 bridgehead atoms. The molecule has 1 aliphatic rings. The maximum absolute atomic E-state index is 12.1. The molecule has 0 unspecified atom stereocenters. The number of para-hydroxylation sites is 2. The van der Waals surface area contributed by atoms with E-state index in [-0.39, 0.29) is 5.69 Å². The Hall–Kier alpha value is -2.05. The van der Waals surface area contributed by atoms with Gasteiger partial charge in [-0.2, -0.15) is 11.8 Å². The Balaban J connectivity index is 1.33. The van der Waals surface area contributed by atoms with Crippen molar-refractivity contribution < 1.29 is 9.47 Å². The largest absolute Gasteiger partial charge is 0.486 e. The maximum atomic E-state index is 12.1. The topological polar surface area (TPSA) is 56.2 Å². The molecule has 0 fully saturated rings. The fourth-order valence-corrected chi connectivity index (χ4v) is 4.29. The third-order valence-corrected chi connectivity index (χ3v) is 5.77. The Morgan fingerprint density at radius 3 is 2.77 bits per heavy atom. The molecule has 5 nitrogen and oxygen atoms in total. The summed E-state index contributed by atoms with van der Waals surface area (Å²) in [5.41, 5.74) is 2.84. The number of hydrogen-bond donors (Lipinski definition) is 1. The molecule has 26 heavy (non-hydrogen) atoms. The number of nitrogens with one attached hydrogen (secondary N) is 1. The molecule has 136 valence electrons. The monoisotopic (exact) mass is 390 g/mol. The van der Waals surface area contributed by atoms with E-state index < -0.39 is 0 Å². The molecule has 0 aliphatic carbocycles. The third-order valence-electron chi connectivity index (χ3n) is 4.32. The molecule has 3 aromatic rings. The minimum absolute atomic E-state index is 0.0499. The summed E-state index contributed by atoms with van der Waals surface area (Å²) >= 11 is 8.14. The molecule has 0 radical (unpaired) electrons. The molecule has 2 heterocycles. The van der Waals surface area contributed by atoms with Gasteiger partial charge >= 0.3 is 5.69 Å². The molecule has 1 N–H and O–H groups in total.